The first-order valence-corrected chi connectivity index (χ1v) is 3.48. The van der Waals surface area contributed by atoms with Crippen LogP contribution in [-0.4, -0.2) is 22.4 Å². The Morgan fingerprint density at radius 1 is 1.20 bits per heavy atom. The van der Waals surface area contributed by atoms with Crippen LogP contribution in [0.25, 0.3) is 0 Å². The van der Waals surface area contributed by atoms with E-state index in [9.17, 15) is 0 Å². The first-order valence-electron chi connectivity index (χ1n) is 3.48. The van der Waals surface area contributed by atoms with Crippen molar-refractivity contribution in [3.8, 4) is 0 Å². The van der Waals surface area contributed by atoms with Gasteiger partial charge in [-0.2, -0.15) is 0 Å². The van der Waals surface area contributed by atoms with Gasteiger partial charge in [-0.25, -0.2) is 0 Å². The lowest BCUT2D eigenvalue weighted by atomic mass is 10.1. The quantitative estimate of drug-likeness (QED) is 0.523. The summed E-state index contributed by atoms with van der Waals surface area (Å²) in [6.07, 6.45) is 0.146. The van der Waals surface area contributed by atoms with E-state index in [0.29, 0.717) is 18.9 Å². The van der Waals surface area contributed by atoms with Crippen LogP contribution in [0.3, 0.4) is 0 Å². The SMILES string of the molecule is CC(O)C[C](N)CC(C)O. The third kappa shape index (κ3) is 6.01. The highest BCUT2D eigenvalue weighted by Gasteiger charge is 2.09. The molecule has 0 aliphatic carbocycles. The maximum absolute atomic E-state index is 8.85. The van der Waals surface area contributed by atoms with Gasteiger partial charge < -0.3 is 15.9 Å². The zero-order chi connectivity index (χ0) is 8.15. The van der Waals surface area contributed by atoms with Gasteiger partial charge in [0.15, 0.2) is 0 Å². The zero-order valence-corrected chi connectivity index (χ0v) is 6.54. The highest BCUT2D eigenvalue weighted by molar-refractivity contribution is 4.85. The monoisotopic (exact) mass is 146 g/mol. The molecular formula is C7H16NO2. The van der Waals surface area contributed by atoms with Crippen LogP contribution >= 0.6 is 0 Å². The maximum atomic E-state index is 8.85. The third-order valence-corrected chi connectivity index (χ3v) is 1.12. The summed E-state index contributed by atoms with van der Waals surface area (Å²) in [6.45, 7) is 3.35. The fourth-order valence-corrected chi connectivity index (χ4v) is 0.842. The second-order valence-electron chi connectivity index (χ2n) is 2.76. The van der Waals surface area contributed by atoms with Gasteiger partial charge in [0.1, 0.15) is 0 Å². The third-order valence-electron chi connectivity index (χ3n) is 1.12. The smallest absolute Gasteiger partial charge is 0.0530 e. The van der Waals surface area contributed by atoms with Crippen molar-refractivity contribution < 1.29 is 10.2 Å². The lowest BCUT2D eigenvalue weighted by Crippen LogP contribution is -2.20. The molecule has 0 aromatic carbocycles. The van der Waals surface area contributed by atoms with E-state index in [4.69, 9.17) is 15.9 Å². The summed E-state index contributed by atoms with van der Waals surface area (Å²) in [4.78, 5) is 0. The Bertz CT molecular complexity index is 73.7. The van der Waals surface area contributed by atoms with Gasteiger partial charge in [0.05, 0.1) is 12.2 Å². The van der Waals surface area contributed by atoms with Crippen LogP contribution in [0.4, 0.5) is 0 Å². The Balaban J connectivity index is 3.34. The van der Waals surface area contributed by atoms with Crippen molar-refractivity contribution in [1.82, 2.24) is 0 Å². The van der Waals surface area contributed by atoms with Crippen LogP contribution in [0, 0.1) is 6.04 Å². The maximum Gasteiger partial charge on any atom is 0.0530 e. The van der Waals surface area contributed by atoms with Crippen molar-refractivity contribution in [2.45, 2.75) is 38.9 Å². The molecule has 0 heterocycles. The minimum Gasteiger partial charge on any atom is -0.393 e. The molecule has 0 aromatic heterocycles. The predicted octanol–water partition coefficient (Wildman–Crippen LogP) is 0.0189. The molecule has 0 saturated carbocycles. The van der Waals surface area contributed by atoms with Crippen LogP contribution in [-0.2, 0) is 0 Å². The van der Waals surface area contributed by atoms with Gasteiger partial charge >= 0.3 is 0 Å². The topological polar surface area (TPSA) is 66.5 Å². The van der Waals surface area contributed by atoms with Crippen molar-refractivity contribution in [2.75, 3.05) is 0 Å². The van der Waals surface area contributed by atoms with E-state index in [2.05, 4.69) is 0 Å². The first kappa shape index (κ1) is 9.88. The van der Waals surface area contributed by atoms with Gasteiger partial charge in [0.2, 0.25) is 0 Å². The highest BCUT2D eigenvalue weighted by Crippen LogP contribution is 2.09. The minimum atomic E-state index is -0.404. The van der Waals surface area contributed by atoms with Crippen LogP contribution in [0.2, 0.25) is 0 Å². The van der Waals surface area contributed by atoms with Crippen molar-refractivity contribution in [3.05, 3.63) is 6.04 Å². The summed E-state index contributed by atoms with van der Waals surface area (Å²) in [5.41, 5.74) is 5.47. The molecule has 3 nitrogen and oxygen atoms in total. The summed E-state index contributed by atoms with van der Waals surface area (Å²) >= 11 is 0. The van der Waals surface area contributed by atoms with Crippen LogP contribution in [0.15, 0.2) is 0 Å². The Labute approximate surface area is 61.9 Å². The molecule has 1 radical (unpaired) electrons. The van der Waals surface area contributed by atoms with Gasteiger partial charge in [-0.1, -0.05) is 0 Å². The lowest BCUT2D eigenvalue weighted by Gasteiger charge is -2.13. The fraction of sp³-hybridized carbons (Fsp3) is 0.857. The molecule has 0 fully saturated rings. The second-order valence-corrected chi connectivity index (χ2v) is 2.76. The van der Waals surface area contributed by atoms with Gasteiger partial charge in [-0.05, 0) is 26.7 Å². The average molecular weight is 146 g/mol. The van der Waals surface area contributed by atoms with Crippen molar-refractivity contribution in [3.63, 3.8) is 0 Å². The van der Waals surface area contributed by atoms with E-state index in [1.165, 1.54) is 0 Å². The van der Waals surface area contributed by atoms with Crippen LogP contribution < -0.4 is 5.73 Å². The molecule has 3 heteroatoms. The molecule has 0 amide bonds. The molecule has 61 valence electrons. The Morgan fingerprint density at radius 2 is 1.50 bits per heavy atom. The second kappa shape index (κ2) is 4.66. The summed E-state index contributed by atoms with van der Waals surface area (Å²) in [5.74, 6) is 0. The van der Waals surface area contributed by atoms with E-state index >= 15 is 0 Å². The van der Waals surface area contributed by atoms with E-state index in [1.807, 2.05) is 0 Å². The standard InChI is InChI=1S/C7H16NO2/c1-5(9)3-7(8)4-6(2)10/h5-6,9-10H,3-4,8H2,1-2H3. The number of hydrogen-bond acceptors (Lipinski definition) is 3. The molecule has 2 atom stereocenters. The summed E-state index contributed by atoms with van der Waals surface area (Å²) in [7, 11) is 0. The van der Waals surface area contributed by atoms with Gasteiger partial charge in [0, 0.05) is 6.04 Å². The Kier molecular flexibility index (Phi) is 4.60. The van der Waals surface area contributed by atoms with Gasteiger partial charge in [0.25, 0.3) is 0 Å². The van der Waals surface area contributed by atoms with E-state index in [1.54, 1.807) is 13.8 Å². The van der Waals surface area contributed by atoms with Crippen molar-refractivity contribution in [1.29, 1.82) is 0 Å². The number of hydrogen-bond donors (Lipinski definition) is 3. The summed E-state index contributed by atoms with van der Waals surface area (Å²) in [6, 6.07) is 0.657. The molecule has 0 bridgehead atoms. The van der Waals surface area contributed by atoms with E-state index in [0.717, 1.165) is 0 Å². The number of aliphatic hydroxyl groups is 2. The molecule has 10 heavy (non-hydrogen) atoms. The van der Waals surface area contributed by atoms with Crippen molar-refractivity contribution >= 4 is 0 Å². The lowest BCUT2D eigenvalue weighted by molar-refractivity contribution is 0.162. The molecule has 2 unspecified atom stereocenters. The summed E-state index contributed by atoms with van der Waals surface area (Å²) in [5, 5.41) is 17.7. The summed E-state index contributed by atoms with van der Waals surface area (Å²) < 4.78 is 0. The Morgan fingerprint density at radius 3 is 1.70 bits per heavy atom. The van der Waals surface area contributed by atoms with Crippen molar-refractivity contribution in [2.24, 2.45) is 5.73 Å². The molecule has 0 saturated heterocycles. The number of rotatable bonds is 4. The van der Waals surface area contributed by atoms with E-state index < -0.39 is 12.2 Å². The normalized spacial score (nSPS) is 17.4. The number of nitrogens with two attached hydrogens (primary N) is 1. The first-order chi connectivity index (χ1) is 4.52. The van der Waals surface area contributed by atoms with Gasteiger partial charge in [-0.3, -0.25) is 0 Å². The van der Waals surface area contributed by atoms with Gasteiger partial charge in [-0.15, -0.1) is 0 Å². The highest BCUT2D eigenvalue weighted by atomic mass is 16.3. The average Bonchev–Trinajstić information content (AvgIpc) is 1.58. The number of aliphatic hydroxyl groups excluding tert-OH is 2. The molecule has 4 N–H and O–H groups in total. The Hall–Kier alpha value is -0.120. The molecule has 0 spiro atoms. The largest absolute Gasteiger partial charge is 0.393 e. The molecule has 0 rings (SSSR count). The van der Waals surface area contributed by atoms with Crippen LogP contribution in [0.1, 0.15) is 26.7 Å². The molecule has 0 aromatic rings. The van der Waals surface area contributed by atoms with Crippen LogP contribution in [0.5, 0.6) is 0 Å². The predicted molar refractivity (Wildman–Crippen MR) is 40.0 cm³/mol. The molecular weight excluding hydrogens is 130 g/mol. The molecule has 0 aliphatic rings. The zero-order valence-electron chi connectivity index (χ0n) is 6.54. The molecule has 0 aliphatic heterocycles. The fourth-order valence-electron chi connectivity index (χ4n) is 0.842. The van der Waals surface area contributed by atoms with E-state index in [-0.39, 0.29) is 0 Å². The minimum absolute atomic E-state index is 0.404.